The Bertz CT molecular complexity index is 478. The van der Waals surface area contributed by atoms with Gasteiger partial charge in [0.2, 0.25) is 0 Å². The van der Waals surface area contributed by atoms with Gasteiger partial charge < -0.3 is 15.4 Å². The molecule has 1 aromatic heterocycles. The highest BCUT2D eigenvalue weighted by molar-refractivity contribution is 5.93. The largest absolute Gasteiger partial charge is 0.391 e. The van der Waals surface area contributed by atoms with Gasteiger partial charge in [-0.25, -0.2) is 0 Å². The van der Waals surface area contributed by atoms with E-state index in [9.17, 15) is 14.7 Å². The minimum absolute atomic E-state index is 0.0716. The lowest BCUT2D eigenvalue weighted by Gasteiger charge is -2.20. The third-order valence-electron chi connectivity index (χ3n) is 3.36. The van der Waals surface area contributed by atoms with Gasteiger partial charge in [0.15, 0.2) is 0 Å². The van der Waals surface area contributed by atoms with Crippen LogP contribution in [0.15, 0.2) is 16.9 Å². The highest BCUT2D eigenvalue weighted by atomic mass is 16.3. The number of hydrogen-bond donors (Lipinski definition) is 3. The minimum Gasteiger partial charge on any atom is -0.391 e. The van der Waals surface area contributed by atoms with Crippen LogP contribution in [0.25, 0.3) is 0 Å². The molecular formula is C14H22N2O3. The number of aryl methyl sites for hydroxylation is 1. The number of aromatic nitrogens is 1. The molecule has 5 nitrogen and oxygen atoms in total. The monoisotopic (exact) mass is 266 g/mol. The number of aliphatic hydroxyl groups is 1. The first-order chi connectivity index (χ1) is 8.99. The Morgan fingerprint density at radius 2 is 2.00 bits per heavy atom. The van der Waals surface area contributed by atoms with E-state index in [0.717, 1.165) is 12.8 Å². The van der Waals surface area contributed by atoms with Crippen molar-refractivity contribution in [3.8, 4) is 0 Å². The number of H-pyrrole nitrogens is 1. The Hall–Kier alpha value is -1.62. The molecule has 19 heavy (non-hydrogen) atoms. The maximum atomic E-state index is 11.8. The van der Waals surface area contributed by atoms with E-state index in [1.54, 1.807) is 13.0 Å². The lowest BCUT2D eigenvalue weighted by Crippen LogP contribution is -2.38. The molecule has 0 fully saturated rings. The zero-order valence-corrected chi connectivity index (χ0v) is 11.7. The average molecular weight is 266 g/mol. The van der Waals surface area contributed by atoms with Crippen LogP contribution in [0.3, 0.4) is 0 Å². The molecule has 1 amide bonds. The summed E-state index contributed by atoms with van der Waals surface area (Å²) in [5, 5.41) is 12.5. The lowest BCUT2D eigenvalue weighted by atomic mass is 9.96. The first-order valence-electron chi connectivity index (χ1n) is 6.65. The molecular weight excluding hydrogens is 244 g/mol. The Labute approximate surface area is 113 Å². The molecule has 0 aliphatic heterocycles. The Kier molecular flexibility index (Phi) is 5.76. The summed E-state index contributed by atoms with van der Waals surface area (Å²) >= 11 is 0. The molecule has 1 atom stereocenters. The fourth-order valence-corrected chi connectivity index (χ4v) is 2.04. The van der Waals surface area contributed by atoms with Gasteiger partial charge in [-0.1, -0.05) is 26.7 Å². The summed E-state index contributed by atoms with van der Waals surface area (Å²) in [4.78, 5) is 26.0. The van der Waals surface area contributed by atoms with Gasteiger partial charge in [-0.05, 0) is 25.0 Å². The van der Waals surface area contributed by atoms with Crippen molar-refractivity contribution in [3.63, 3.8) is 0 Å². The van der Waals surface area contributed by atoms with Crippen molar-refractivity contribution in [2.75, 3.05) is 6.54 Å². The Balaban J connectivity index is 2.63. The van der Waals surface area contributed by atoms with Gasteiger partial charge >= 0.3 is 0 Å². The maximum absolute atomic E-state index is 11.8. The van der Waals surface area contributed by atoms with Crippen molar-refractivity contribution in [1.29, 1.82) is 0 Å². The molecule has 5 heteroatoms. The van der Waals surface area contributed by atoms with Gasteiger partial charge in [0, 0.05) is 12.2 Å². The molecule has 3 N–H and O–H groups in total. The van der Waals surface area contributed by atoms with Crippen LogP contribution < -0.4 is 10.9 Å². The molecule has 0 bridgehead atoms. The first kappa shape index (κ1) is 15.4. The zero-order valence-electron chi connectivity index (χ0n) is 11.7. The van der Waals surface area contributed by atoms with Crippen LogP contribution in [0.4, 0.5) is 0 Å². The summed E-state index contributed by atoms with van der Waals surface area (Å²) < 4.78 is 0. The van der Waals surface area contributed by atoms with Crippen molar-refractivity contribution in [2.45, 2.75) is 39.7 Å². The number of aromatic amines is 1. The second-order valence-electron chi connectivity index (χ2n) is 4.74. The number of hydrogen-bond acceptors (Lipinski definition) is 3. The lowest BCUT2D eigenvalue weighted by molar-refractivity contribution is 0.0815. The van der Waals surface area contributed by atoms with Gasteiger partial charge in [0.1, 0.15) is 5.56 Å². The fraction of sp³-hybridized carbons (Fsp3) is 0.571. The van der Waals surface area contributed by atoms with E-state index in [1.165, 1.54) is 6.07 Å². The van der Waals surface area contributed by atoms with Crippen molar-refractivity contribution < 1.29 is 9.90 Å². The molecule has 0 aliphatic rings. The molecule has 1 rings (SSSR count). The maximum Gasteiger partial charge on any atom is 0.260 e. The SMILES string of the molecule is CCC(CC)C(O)CNC(=O)c1ccc(C)[nH]c1=O. The molecule has 0 aliphatic carbocycles. The summed E-state index contributed by atoms with van der Waals surface area (Å²) in [7, 11) is 0. The summed E-state index contributed by atoms with van der Waals surface area (Å²) in [6.07, 6.45) is 1.14. The highest BCUT2D eigenvalue weighted by Crippen LogP contribution is 2.12. The van der Waals surface area contributed by atoms with E-state index in [-0.39, 0.29) is 18.0 Å². The van der Waals surface area contributed by atoms with Crippen LogP contribution in [0.5, 0.6) is 0 Å². The molecule has 106 valence electrons. The standard InChI is InChI=1S/C14H22N2O3/c1-4-10(5-2)12(17)8-15-13(18)11-7-6-9(3)16-14(11)19/h6-7,10,12,17H,4-5,8H2,1-3H3,(H,15,18)(H,16,19). The molecule has 0 spiro atoms. The number of carbonyl (C=O) groups excluding carboxylic acids is 1. The third-order valence-corrected chi connectivity index (χ3v) is 3.36. The van der Waals surface area contributed by atoms with Crippen LogP contribution in [-0.4, -0.2) is 28.6 Å². The molecule has 1 unspecified atom stereocenters. The van der Waals surface area contributed by atoms with Crippen LogP contribution >= 0.6 is 0 Å². The minimum atomic E-state index is -0.580. The topological polar surface area (TPSA) is 82.2 Å². The number of nitrogens with one attached hydrogen (secondary N) is 2. The summed E-state index contributed by atoms with van der Waals surface area (Å²) in [5.41, 5.74) is 0.371. The molecule has 0 saturated carbocycles. The summed E-state index contributed by atoms with van der Waals surface area (Å²) in [5.74, 6) is -0.289. The quantitative estimate of drug-likeness (QED) is 0.724. The third kappa shape index (κ3) is 4.21. The van der Waals surface area contributed by atoms with E-state index in [1.807, 2.05) is 13.8 Å². The van der Waals surface area contributed by atoms with E-state index >= 15 is 0 Å². The van der Waals surface area contributed by atoms with Crippen LogP contribution in [0.2, 0.25) is 0 Å². The number of pyridine rings is 1. The predicted molar refractivity (Wildman–Crippen MR) is 74.2 cm³/mol. The summed E-state index contributed by atoms with van der Waals surface area (Å²) in [6.45, 7) is 5.92. The average Bonchev–Trinajstić information content (AvgIpc) is 2.37. The van der Waals surface area contributed by atoms with Crippen molar-refractivity contribution in [3.05, 3.63) is 33.7 Å². The van der Waals surface area contributed by atoms with E-state index in [4.69, 9.17) is 0 Å². The number of carbonyl (C=O) groups is 1. The van der Waals surface area contributed by atoms with Gasteiger partial charge in [-0.3, -0.25) is 9.59 Å². The predicted octanol–water partition coefficient (Wildman–Crippen LogP) is 1.21. The zero-order chi connectivity index (χ0) is 14.4. The Morgan fingerprint density at radius 1 is 1.37 bits per heavy atom. The van der Waals surface area contributed by atoms with Crippen LogP contribution in [0.1, 0.15) is 42.7 Å². The molecule has 1 aromatic rings. The van der Waals surface area contributed by atoms with E-state index in [0.29, 0.717) is 5.69 Å². The number of rotatable bonds is 6. The molecule has 0 saturated heterocycles. The second kappa shape index (κ2) is 7.09. The van der Waals surface area contributed by atoms with Crippen molar-refractivity contribution in [1.82, 2.24) is 10.3 Å². The van der Waals surface area contributed by atoms with Gasteiger partial charge in [0.05, 0.1) is 6.10 Å². The molecule has 0 radical (unpaired) electrons. The second-order valence-corrected chi connectivity index (χ2v) is 4.74. The molecule has 1 heterocycles. The number of aliphatic hydroxyl groups excluding tert-OH is 1. The van der Waals surface area contributed by atoms with Crippen molar-refractivity contribution >= 4 is 5.91 Å². The number of amides is 1. The normalized spacial score (nSPS) is 12.5. The van der Waals surface area contributed by atoms with E-state index < -0.39 is 17.6 Å². The fourth-order valence-electron chi connectivity index (χ4n) is 2.04. The summed E-state index contributed by atoms with van der Waals surface area (Å²) in [6, 6.07) is 3.17. The highest BCUT2D eigenvalue weighted by Gasteiger charge is 2.17. The van der Waals surface area contributed by atoms with Crippen molar-refractivity contribution in [2.24, 2.45) is 5.92 Å². The van der Waals surface area contributed by atoms with Gasteiger partial charge in [-0.15, -0.1) is 0 Å². The van der Waals surface area contributed by atoms with Gasteiger partial charge in [0.25, 0.3) is 11.5 Å². The molecule has 0 aromatic carbocycles. The van der Waals surface area contributed by atoms with Crippen LogP contribution in [-0.2, 0) is 0 Å². The van der Waals surface area contributed by atoms with E-state index in [2.05, 4.69) is 10.3 Å². The van der Waals surface area contributed by atoms with Crippen LogP contribution in [0, 0.1) is 12.8 Å². The van der Waals surface area contributed by atoms with Gasteiger partial charge in [-0.2, -0.15) is 0 Å². The first-order valence-corrected chi connectivity index (χ1v) is 6.65. The Morgan fingerprint density at radius 3 is 2.53 bits per heavy atom. The smallest absolute Gasteiger partial charge is 0.260 e.